The summed E-state index contributed by atoms with van der Waals surface area (Å²) in [5.41, 5.74) is -0.129. The van der Waals surface area contributed by atoms with Crippen molar-refractivity contribution in [2.75, 3.05) is 0 Å². The average molecular weight is 354 g/mol. The van der Waals surface area contributed by atoms with Gasteiger partial charge in [-0.3, -0.25) is 9.59 Å². The van der Waals surface area contributed by atoms with Gasteiger partial charge >= 0.3 is 0 Å². The number of hydrogen-bond donors (Lipinski definition) is 1. The Balaban J connectivity index is 1.44. The first-order valence-electron chi connectivity index (χ1n) is 8.44. The summed E-state index contributed by atoms with van der Waals surface area (Å²) in [5, 5.41) is 14.5. The number of hydrogen-bond acceptors (Lipinski definition) is 6. The van der Waals surface area contributed by atoms with Crippen molar-refractivity contribution in [1.82, 2.24) is 30.1 Å². The molecule has 3 aromatic rings. The molecule has 3 heterocycles. The highest BCUT2D eigenvalue weighted by atomic mass is 16.4. The second-order valence-electron chi connectivity index (χ2n) is 6.34. The fourth-order valence-electron chi connectivity index (χ4n) is 2.74. The number of nitrogens with zero attached hydrogens (tertiary/aromatic N) is 5. The van der Waals surface area contributed by atoms with Crippen LogP contribution in [0.5, 0.6) is 0 Å². The smallest absolute Gasteiger partial charge is 0.287 e. The van der Waals surface area contributed by atoms with Gasteiger partial charge in [0.2, 0.25) is 0 Å². The first kappa shape index (κ1) is 16.2. The fourth-order valence-corrected chi connectivity index (χ4v) is 2.74. The molecule has 3 aromatic heterocycles. The van der Waals surface area contributed by atoms with Gasteiger partial charge in [-0.1, -0.05) is 6.07 Å². The standard InChI is InChI=1S/C17H18N6O3/c1-11(16-19-20-21-23(16)12-5-6-12)18-17(25)14-8-7-13(26-14)10-22-9-3-2-4-15(22)24/h2-4,7-9,11-12H,5-6,10H2,1H3,(H,18,25)/t11-/m0/s1. The Hall–Kier alpha value is -3.23. The lowest BCUT2D eigenvalue weighted by Crippen LogP contribution is -2.28. The van der Waals surface area contributed by atoms with E-state index in [1.54, 1.807) is 35.1 Å². The first-order valence-corrected chi connectivity index (χ1v) is 8.44. The van der Waals surface area contributed by atoms with Gasteiger partial charge in [-0.15, -0.1) is 5.10 Å². The second-order valence-corrected chi connectivity index (χ2v) is 6.34. The predicted molar refractivity (Wildman–Crippen MR) is 90.5 cm³/mol. The maximum absolute atomic E-state index is 12.4. The molecular weight excluding hydrogens is 336 g/mol. The summed E-state index contributed by atoms with van der Waals surface area (Å²) < 4.78 is 8.85. The molecule has 0 spiro atoms. The lowest BCUT2D eigenvalue weighted by molar-refractivity contribution is 0.0907. The van der Waals surface area contributed by atoms with Gasteiger partial charge in [-0.05, 0) is 48.4 Å². The van der Waals surface area contributed by atoms with Crippen molar-refractivity contribution < 1.29 is 9.21 Å². The number of nitrogens with one attached hydrogen (secondary N) is 1. The van der Waals surface area contributed by atoms with Crippen molar-refractivity contribution >= 4 is 5.91 Å². The van der Waals surface area contributed by atoms with Crippen molar-refractivity contribution in [3.8, 4) is 0 Å². The SMILES string of the molecule is C[C@H](NC(=O)c1ccc(Cn2ccccc2=O)o1)c1nnnn1C1CC1. The van der Waals surface area contributed by atoms with Crippen molar-refractivity contribution in [3.63, 3.8) is 0 Å². The van der Waals surface area contributed by atoms with Gasteiger partial charge in [-0.2, -0.15) is 0 Å². The van der Waals surface area contributed by atoms with Crippen LogP contribution in [-0.4, -0.2) is 30.7 Å². The molecule has 1 fully saturated rings. The van der Waals surface area contributed by atoms with Crippen LogP contribution in [0.2, 0.25) is 0 Å². The molecule has 1 saturated carbocycles. The average Bonchev–Trinajstić information content (AvgIpc) is 3.17. The van der Waals surface area contributed by atoms with Crippen LogP contribution in [0, 0.1) is 0 Å². The molecule has 134 valence electrons. The lowest BCUT2D eigenvalue weighted by Gasteiger charge is -2.12. The molecule has 1 N–H and O–H groups in total. The van der Waals surface area contributed by atoms with E-state index in [4.69, 9.17) is 4.42 Å². The number of pyridine rings is 1. The quantitative estimate of drug-likeness (QED) is 0.715. The molecular formula is C17H18N6O3. The molecule has 0 bridgehead atoms. The molecule has 4 rings (SSSR count). The molecule has 26 heavy (non-hydrogen) atoms. The monoisotopic (exact) mass is 354 g/mol. The molecule has 1 aliphatic rings. The maximum Gasteiger partial charge on any atom is 0.287 e. The Labute approximate surface area is 148 Å². The van der Waals surface area contributed by atoms with Crippen molar-refractivity contribution in [3.05, 3.63) is 64.2 Å². The third-order valence-corrected chi connectivity index (χ3v) is 4.26. The fraction of sp³-hybridized carbons (Fsp3) is 0.353. The molecule has 0 unspecified atom stereocenters. The molecule has 9 nitrogen and oxygen atoms in total. The molecule has 0 saturated heterocycles. The second kappa shape index (κ2) is 6.58. The van der Waals surface area contributed by atoms with Crippen LogP contribution in [0.15, 0.2) is 45.7 Å². The third-order valence-electron chi connectivity index (χ3n) is 4.26. The van der Waals surface area contributed by atoms with Crippen LogP contribution < -0.4 is 10.9 Å². The van der Waals surface area contributed by atoms with Gasteiger partial charge < -0.3 is 14.3 Å². The molecule has 0 radical (unpaired) electrons. The lowest BCUT2D eigenvalue weighted by atomic mass is 10.3. The summed E-state index contributed by atoms with van der Waals surface area (Å²) in [7, 11) is 0. The van der Waals surface area contributed by atoms with Crippen LogP contribution in [-0.2, 0) is 6.54 Å². The van der Waals surface area contributed by atoms with Crippen molar-refractivity contribution in [2.45, 2.75) is 38.4 Å². The van der Waals surface area contributed by atoms with E-state index in [1.165, 1.54) is 10.6 Å². The van der Waals surface area contributed by atoms with Gasteiger partial charge in [0.25, 0.3) is 11.5 Å². The zero-order valence-electron chi connectivity index (χ0n) is 14.2. The summed E-state index contributed by atoms with van der Waals surface area (Å²) in [6.07, 6.45) is 3.78. The topological polar surface area (TPSA) is 108 Å². The summed E-state index contributed by atoms with van der Waals surface area (Å²) in [4.78, 5) is 24.2. The normalized spacial score (nSPS) is 15.0. The van der Waals surface area contributed by atoms with Gasteiger partial charge in [0, 0.05) is 12.3 Å². The van der Waals surface area contributed by atoms with E-state index >= 15 is 0 Å². The summed E-state index contributed by atoms with van der Waals surface area (Å²) in [6.45, 7) is 2.10. The first-order chi connectivity index (χ1) is 12.6. The summed E-state index contributed by atoms with van der Waals surface area (Å²) in [5.74, 6) is 0.984. The van der Waals surface area contributed by atoms with Crippen LogP contribution in [0.25, 0.3) is 0 Å². The minimum Gasteiger partial charge on any atom is -0.454 e. The number of carbonyl (C=O) groups is 1. The number of rotatable bonds is 6. The van der Waals surface area contributed by atoms with Gasteiger partial charge in [0.1, 0.15) is 5.76 Å². The Kier molecular flexibility index (Phi) is 4.11. The molecule has 0 aromatic carbocycles. The number of amides is 1. The van der Waals surface area contributed by atoms with Crippen molar-refractivity contribution in [1.29, 1.82) is 0 Å². The maximum atomic E-state index is 12.4. The van der Waals surface area contributed by atoms with E-state index in [2.05, 4.69) is 20.8 Å². The highest BCUT2D eigenvalue weighted by molar-refractivity contribution is 5.91. The zero-order chi connectivity index (χ0) is 18.1. The predicted octanol–water partition coefficient (Wildman–Crippen LogP) is 1.30. The minimum atomic E-state index is -0.352. The largest absolute Gasteiger partial charge is 0.454 e. The van der Waals surface area contributed by atoms with E-state index in [0.29, 0.717) is 17.6 Å². The Morgan fingerprint density at radius 3 is 2.96 bits per heavy atom. The van der Waals surface area contributed by atoms with E-state index in [1.807, 2.05) is 6.92 Å². The Bertz CT molecular complexity index is 984. The van der Waals surface area contributed by atoms with Crippen LogP contribution in [0.1, 0.15) is 54.0 Å². The van der Waals surface area contributed by atoms with E-state index < -0.39 is 0 Å². The Morgan fingerprint density at radius 2 is 2.19 bits per heavy atom. The highest BCUT2D eigenvalue weighted by Gasteiger charge is 2.30. The molecule has 1 atom stereocenters. The van der Waals surface area contributed by atoms with E-state index in [-0.39, 0.29) is 29.8 Å². The summed E-state index contributed by atoms with van der Waals surface area (Å²) in [6, 6.07) is 8.19. The van der Waals surface area contributed by atoms with Crippen LogP contribution in [0.3, 0.4) is 0 Å². The molecule has 1 amide bonds. The van der Waals surface area contributed by atoms with Crippen molar-refractivity contribution in [2.24, 2.45) is 0 Å². The zero-order valence-corrected chi connectivity index (χ0v) is 14.2. The number of tetrazole rings is 1. The molecule has 1 aliphatic carbocycles. The number of furan rings is 1. The van der Waals surface area contributed by atoms with Gasteiger partial charge in [-0.25, -0.2) is 4.68 Å². The number of aromatic nitrogens is 5. The number of carbonyl (C=O) groups excluding carboxylic acids is 1. The van der Waals surface area contributed by atoms with Gasteiger partial charge in [0.05, 0.1) is 18.6 Å². The van der Waals surface area contributed by atoms with E-state index in [9.17, 15) is 9.59 Å². The molecule has 0 aliphatic heterocycles. The van der Waals surface area contributed by atoms with E-state index in [0.717, 1.165) is 12.8 Å². The Morgan fingerprint density at radius 1 is 1.35 bits per heavy atom. The summed E-state index contributed by atoms with van der Waals surface area (Å²) >= 11 is 0. The minimum absolute atomic E-state index is 0.129. The van der Waals surface area contributed by atoms with Gasteiger partial charge in [0.15, 0.2) is 11.6 Å². The van der Waals surface area contributed by atoms with Crippen LogP contribution in [0.4, 0.5) is 0 Å². The third kappa shape index (κ3) is 3.28. The van der Waals surface area contributed by atoms with Crippen LogP contribution >= 0.6 is 0 Å². The highest BCUT2D eigenvalue weighted by Crippen LogP contribution is 2.35. The molecule has 9 heteroatoms.